The summed E-state index contributed by atoms with van der Waals surface area (Å²) in [6, 6.07) is 3.58. The maximum absolute atomic E-state index is 12.7. The molecule has 0 spiro atoms. The third-order valence-electron chi connectivity index (χ3n) is 2.81. The van der Waals surface area contributed by atoms with Gasteiger partial charge >= 0.3 is 0 Å². The molecule has 0 fully saturated rings. The van der Waals surface area contributed by atoms with E-state index in [0.717, 1.165) is 5.69 Å². The predicted molar refractivity (Wildman–Crippen MR) is 60.3 cm³/mol. The maximum atomic E-state index is 12.7. The van der Waals surface area contributed by atoms with Gasteiger partial charge in [0.15, 0.2) is 0 Å². The van der Waals surface area contributed by atoms with Crippen molar-refractivity contribution in [3.8, 4) is 0 Å². The standard InChI is InChI=1S/C12H19FN2/c1-8(2)12(14-4)9(3)11-6-5-10(13)7-15-11/h5-9,12,14H,1-4H3. The molecule has 0 saturated heterocycles. The number of pyridine rings is 1. The van der Waals surface area contributed by atoms with Gasteiger partial charge in [0.25, 0.3) is 0 Å². The van der Waals surface area contributed by atoms with Gasteiger partial charge < -0.3 is 5.32 Å². The monoisotopic (exact) mass is 210 g/mol. The van der Waals surface area contributed by atoms with Crippen LogP contribution in [0.4, 0.5) is 4.39 Å². The zero-order chi connectivity index (χ0) is 11.4. The van der Waals surface area contributed by atoms with Gasteiger partial charge in [0, 0.05) is 17.7 Å². The van der Waals surface area contributed by atoms with Gasteiger partial charge in [-0.15, -0.1) is 0 Å². The van der Waals surface area contributed by atoms with Crippen LogP contribution in [0.3, 0.4) is 0 Å². The van der Waals surface area contributed by atoms with E-state index in [4.69, 9.17) is 0 Å². The van der Waals surface area contributed by atoms with E-state index < -0.39 is 0 Å². The minimum atomic E-state index is -0.281. The van der Waals surface area contributed by atoms with Crippen molar-refractivity contribution in [3.05, 3.63) is 29.8 Å². The highest BCUT2D eigenvalue weighted by Gasteiger charge is 2.21. The molecule has 0 aromatic carbocycles. The van der Waals surface area contributed by atoms with E-state index in [-0.39, 0.29) is 11.7 Å². The Morgan fingerprint density at radius 3 is 2.33 bits per heavy atom. The zero-order valence-corrected chi connectivity index (χ0v) is 9.79. The number of aromatic nitrogens is 1. The lowest BCUT2D eigenvalue weighted by Crippen LogP contribution is -2.35. The molecule has 1 aromatic rings. The van der Waals surface area contributed by atoms with Gasteiger partial charge in [-0.05, 0) is 25.1 Å². The molecule has 3 heteroatoms. The van der Waals surface area contributed by atoms with Crippen LogP contribution < -0.4 is 5.32 Å². The van der Waals surface area contributed by atoms with Crippen molar-refractivity contribution in [1.82, 2.24) is 10.3 Å². The Hall–Kier alpha value is -0.960. The van der Waals surface area contributed by atoms with E-state index in [1.165, 1.54) is 12.3 Å². The second kappa shape index (κ2) is 5.21. The number of nitrogens with one attached hydrogen (secondary N) is 1. The Bertz CT molecular complexity index is 295. The lowest BCUT2D eigenvalue weighted by molar-refractivity contribution is 0.371. The molecule has 1 heterocycles. The van der Waals surface area contributed by atoms with Crippen LogP contribution >= 0.6 is 0 Å². The smallest absolute Gasteiger partial charge is 0.141 e. The Labute approximate surface area is 90.9 Å². The fourth-order valence-electron chi connectivity index (χ4n) is 2.00. The van der Waals surface area contributed by atoms with Crippen LogP contribution in [0.2, 0.25) is 0 Å². The summed E-state index contributed by atoms with van der Waals surface area (Å²) >= 11 is 0. The first-order valence-electron chi connectivity index (χ1n) is 5.35. The van der Waals surface area contributed by atoms with Crippen molar-refractivity contribution in [2.24, 2.45) is 5.92 Å². The summed E-state index contributed by atoms with van der Waals surface area (Å²) in [7, 11) is 1.95. The topological polar surface area (TPSA) is 24.9 Å². The molecule has 1 aromatic heterocycles. The number of likely N-dealkylation sites (N-methyl/N-ethyl adjacent to an activating group) is 1. The first-order chi connectivity index (χ1) is 7.06. The minimum absolute atomic E-state index is 0.281. The zero-order valence-electron chi connectivity index (χ0n) is 9.79. The lowest BCUT2D eigenvalue weighted by Gasteiger charge is -2.26. The van der Waals surface area contributed by atoms with E-state index >= 15 is 0 Å². The van der Waals surface area contributed by atoms with Crippen molar-refractivity contribution >= 4 is 0 Å². The molecule has 0 aliphatic heterocycles. The summed E-state index contributed by atoms with van der Waals surface area (Å²) < 4.78 is 12.7. The first kappa shape index (κ1) is 12.1. The molecule has 0 radical (unpaired) electrons. The summed E-state index contributed by atoms with van der Waals surface area (Å²) in [4.78, 5) is 4.11. The molecule has 0 saturated carbocycles. The Morgan fingerprint density at radius 1 is 1.27 bits per heavy atom. The molecule has 2 unspecified atom stereocenters. The van der Waals surface area contributed by atoms with Crippen LogP contribution in [-0.2, 0) is 0 Å². The SMILES string of the molecule is CNC(C(C)C)C(C)c1ccc(F)cn1. The molecule has 1 rings (SSSR count). The van der Waals surface area contributed by atoms with Crippen molar-refractivity contribution in [2.45, 2.75) is 32.7 Å². The second-order valence-corrected chi connectivity index (χ2v) is 4.25. The summed E-state index contributed by atoms with van der Waals surface area (Å²) in [5.74, 6) is 0.531. The van der Waals surface area contributed by atoms with Gasteiger partial charge in [-0.25, -0.2) is 4.39 Å². The van der Waals surface area contributed by atoms with Crippen molar-refractivity contribution in [1.29, 1.82) is 0 Å². The van der Waals surface area contributed by atoms with E-state index in [2.05, 4.69) is 31.1 Å². The first-order valence-corrected chi connectivity index (χ1v) is 5.35. The van der Waals surface area contributed by atoms with E-state index in [9.17, 15) is 4.39 Å². The molecular weight excluding hydrogens is 191 g/mol. The fraction of sp³-hybridized carbons (Fsp3) is 0.583. The number of hydrogen-bond acceptors (Lipinski definition) is 2. The average Bonchev–Trinajstić information content (AvgIpc) is 2.19. The molecule has 84 valence electrons. The van der Waals surface area contributed by atoms with Crippen LogP contribution in [0.25, 0.3) is 0 Å². The molecular formula is C12H19FN2. The minimum Gasteiger partial charge on any atom is -0.316 e. The Balaban J connectivity index is 2.82. The summed E-state index contributed by atoms with van der Waals surface area (Å²) in [5.41, 5.74) is 0.935. The third kappa shape index (κ3) is 2.99. The number of nitrogens with zero attached hydrogens (tertiary/aromatic N) is 1. The van der Waals surface area contributed by atoms with Gasteiger partial charge in [0.1, 0.15) is 5.82 Å². The Morgan fingerprint density at radius 2 is 1.93 bits per heavy atom. The van der Waals surface area contributed by atoms with Crippen LogP contribution in [0.15, 0.2) is 18.3 Å². The van der Waals surface area contributed by atoms with Gasteiger partial charge in [0.2, 0.25) is 0 Å². The summed E-state index contributed by atoms with van der Waals surface area (Å²) in [6.07, 6.45) is 1.28. The van der Waals surface area contributed by atoms with E-state index in [1.807, 2.05) is 7.05 Å². The number of hydrogen-bond donors (Lipinski definition) is 1. The highest BCUT2D eigenvalue weighted by molar-refractivity contribution is 5.12. The summed E-state index contributed by atoms with van der Waals surface area (Å²) in [6.45, 7) is 6.45. The fourth-order valence-corrected chi connectivity index (χ4v) is 2.00. The third-order valence-corrected chi connectivity index (χ3v) is 2.81. The molecule has 1 N–H and O–H groups in total. The molecule has 0 aliphatic carbocycles. The second-order valence-electron chi connectivity index (χ2n) is 4.25. The van der Waals surface area contributed by atoms with Gasteiger partial charge in [-0.2, -0.15) is 0 Å². The Kier molecular flexibility index (Phi) is 4.21. The predicted octanol–water partition coefficient (Wildman–Crippen LogP) is 2.57. The average molecular weight is 210 g/mol. The molecule has 0 bridgehead atoms. The van der Waals surface area contributed by atoms with Gasteiger partial charge in [-0.1, -0.05) is 20.8 Å². The van der Waals surface area contributed by atoms with Crippen LogP contribution in [0, 0.1) is 11.7 Å². The van der Waals surface area contributed by atoms with Crippen molar-refractivity contribution in [2.75, 3.05) is 7.05 Å². The normalized spacial score (nSPS) is 15.3. The van der Waals surface area contributed by atoms with E-state index in [1.54, 1.807) is 6.07 Å². The maximum Gasteiger partial charge on any atom is 0.141 e. The largest absolute Gasteiger partial charge is 0.316 e. The highest BCUT2D eigenvalue weighted by Crippen LogP contribution is 2.21. The highest BCUT2D eigenvalue weighted by atomic mass is 19.1. The van der Waals surface area contributed by atoms with Crippen molar-refractivity contribution in [3.63, 3.8) is 0 Å². The van der Waals surface area contributed by atoms with Gasteiger partial charge in [-0.3, -0.25) is 4.98 Å². The van der Waals surface area contributed by atoms with Gasteiger partial charge in [0.05, 0.1) is 6.20 Å². The summed E-state index contributed by atoms with van der Waals surface area (Å²) in [5, 5.41) is 3.28. The molecule has 2 atom stereocenters. The van der Waals surface area contributed by atoms with Crippen LogP contribution in [0.1, 0.15) is 32.4 Å². The van der Waals surface area contributed by atoms with Crippen LogP contribution in [0.5, 0.6) is 0 Å². The van der Waals surface area contributed by atoms with E-state index in [0.29, 0.717) is 12.0 Å². The lowest BCUT2D eigenvalue weighted by atomic mass is 9.89. The molecule has 0 aliphatic rings. The number of halogens is 1. The molecule has 0 amide bonds. The number of rotatable bonds is 4. The van der Waals surface area contributed by atoms with Crippen LogP contribution in [-0.4, -0.2) is 18.1 Å². The van der Waals surface area contributed by atoms with Crippen molar-refractivity contribution < 1.29 is 4.39 Å². The molecule has 2 nitrogen and oxygen atoms in total. The quantitative estimate of drug-likeness (QED) is 0.826. The molecule has 15 heavy (non-hydrogen) atoms.